The number of nitrogens with one attached hydrogen (secondary N) is 1. The van der Waals surface area contributed by atoms with Crippen LogP contribution in [0.2, 0.25) is 5.02 Å². The van der Waals surface area contributed by atoms with Crippen LogP contribution in [-0.4, -0.2) is 10.8 Å². The predicted molar refractivity (Wildman–Crippen MR) is 70.4 cm³/mol. The van der Waals surface area contributed by atoms with Crippen molar-refractivity contribution >= 4 is 40.2 Å². The molecule has 1 heterocycles. The molecule has 2 rings (SSSR count). The molecule has 0 aliphatic carbocycles. The fourth-order valence-electron chi connectivity index (χ4n) is 1.37. The Morgan fingerprint density at radius 3 is 2.67 bits per heavy atom. The molecule has 0 saturated carbocycles. The first-order valence-electron chi connectivity index (χ1n) is 4.87. The topological polar surface area (TPSA) is 72.2 Å². The summed E-state index contributed by atoms with van der Waals surface area (Å²) in [5.41, 5.74) is -0.00417. The van der Waals surface area contributed by atoms with Crippen LogP contribution < -0.4 is 5.32 Å². The largest absolute Gasteiger partial charge is 0.315 e. The van der Waals surface area contributed by atoms with Gasteiger partial charge in [0, 0.05) is 6.07 Å². The molecule has 5 nitrogen and oxygen atoms in total. The number of hydrogen-bond acceptors (Lipinski definition) is 4. The highest BCUT2D eigenvalue weighted by molar-refractivity contribution is 7.12. The Hall–Kier alpha value is -1.92. The van der Waals surface area contributed by atoms with Gasteiger partial charge in [0.25, 0.3) is 11.6 Å². The van der Waals surface area contributed by atoms with Crippen molar-refractivity contribution in [2.45, 2.75) is 0 Å². The van der Waals surface area contributed by atoms with E-state index in [1.807, 2.05) is 0 Å². The lowest BCUT2D eigenvalue weighted by atomic mass is 10.2. The number of halogens is 1. The Labute approximate surface area is 111 Å². The number of nitrogens with zero attached hydrogens (tertiary/aromatic N) is 1. The molecule has 1 amide bonds. The molecule has 0 unspecified atom stereocenters. The lowest BCUT2D eigenvalue weighted by molar-refractivity contribution is -0.383. The minimum Gasteiger partial charge on any atom is -0.315 e. The summed E-state index contributed by atoms with van der Waals surface area (Å²) >= 11 is 7.00. The molecule has 0 bridgehead atoms. The highest BCUT2D eigenvalue weighted by atomic mass is 35.5. The van der Waals surface area contributed by atoms with Gasteiger partial charge in [-0.2, -0.15) is 0 Å². The number of hydrogen-bond donors (Lipinski definition) is 1. The molecule has 7 heteroatoms. The monoisotopic (exact) mass is 282 g/mol. The summed E-state index contributed by atoms with van der Waals surface area (Å²) in [6.45, 7) is 0. The van der Waals surface area contributed by atoms with Gasteiger partial charge < -0.3 is 5.32 Å². The van der Waals surface area contributed by atoms with Crippen molar-refractivity contribution in [2.75, 3.05) is 5.32 Å². The van der Waals surface area contributed by atoms with Crippen molar-refractivity contribution < 1.29 is 9.72 Å². The van der Waals surface area contributed by atoms with Crippen LogP contribution in [0.1, 0.15) is 9.67 Å². The Balaban J connectivity index is 2.28. The van der Waals surface area contributed by atoms with Gasteiger partial charge in [0.05, 0.1) is 9.95 Å². The average molecular weight is 283 g/mol. The van der Waals surface area contributed by atoms with Crippen molar-refractivity contribution in [3.8, 4) is 0 Å². The maximum absolute atomic E-state index is 11.9. The predicted octanol–water partition coefficient (Wildman–Crippen LogP) is 3.56. The van der Waals surface area contributed by atoms with Crippen molar-refractivity contribution in [3.05, 3.63) is 55.7 Å². The van der Waals surface area contributed by atoms with Gasteiger partial charge in [0.2, 0.25) is 0 Å². The fourth-order valence-corrected chi connectivity index (χ4v) is 2.41. The SMILES string of the molecule is O=C(Nc1ccccc1[N+](=O)[O-])c1sccc1Cl. The molecule has 0 fully saturated rings. The third-order valence-corrected chi connectivity index (χ3v) is 3.51. The van der Waals surface area contributed by atoms with Crippen molar-refractivity contribution in [3.63, 3.8) is 0 Å². The Morgan fingerprint density at radius 1 is 1.33 bits per heavy atom. The van der Waals surface area contributed by atoms with Crippen LogP contribution >= 0.6 is 22.9 Å². The van der Waals surface area contributed by atoms with Gasteiger partial charge in [-0.1, -0.05) is 23.7 Å². The van der Waals surface area contributed by atoms with Crippen LogP contribution in [-0.2, 0) is 0 Å². The number of thiophene rings is 1. The van der Waals surface area contributed by atoms with Crippen LogP contribution in [0, 0.1) is 10.1 Å². The molecule has 0 atom stereocenters. The molecule has 0 aliphatic rings. The standard InChI is InChI=1S/C11H7ClN2O3S/c12-7-5-6-18-10(7)11(15)13-8-3-1-2-4-9(8)14(16)17/h1-6H,(H,13,15). The number of nitro groups is 1. The van der Waals surface area contributed by atoms with Gasteiger partial charge in [-0.05, 0) is 17.5 Å². The molecule has 0 radical (unpaired) electrons. The molecule has 92 valence electrons. The second kappa shape index (κ2) is 5.16. The first kappa shape index (κ1) is 12.5. The summed E-state index contributed by atoms with van der Waals surface area (Å²) in [4.78, 5) is 22.4. The van der Waals surface area contributed by atoms with Crippen molar-refractivity contribution in [1.82, 2.24) is 0 Å². The van der Waals surface area contributed by atoms with Crippen LogP contribution in [0.25, 0.3) is 0 Å². The van der Waals surface area contributed by atoms with Crippen LogP contribution in [0.3, 0.4) is 0 Å². The van der Waals surface area contributed by atoms with E-state index in [2.05, 4.69) is 5.32 Å². The quantitative estimate of drug-likeness (QED) is 0.691. The van der Waals surface area contributed by atoms with E-state index in [0.717, 1.165) is 0 Å². The zero-order valence-electron chi connectivity index (χ0n) is 8.92. The second-order valence-corrected chi connectivity index (χ2v) is 4.65. The van der Waals surface area contributed by atoms with E-state index >= 15 is 0 Å². The van der Waals surface area contributed by atoms with E-state index in [1.165, 1.54) is 29.5 Å². The number of amides is 1. The first-order chi connectivity index (χ1) is 8.59. The molecule has 1 aromatic heterocycles. The lowest BCUT2D eigenvalue weighted by Gasteiger charge is -2.04. The summed E-state index contributed by atoms with van der Waals surface area (Å²) in [6, 6.07) is 7.54. The molecule has 1 aromatic carbocycles. The van der Waals surface area contributed by atoms with E-state index in [9.17, 15) is 14.9 Å². The van der Waals surface area contributed by atoms with Gasteiger partial charge in [-0.25, -0.2) is 0 Å². The number of carbonyl (C=O) groups excluding carboxylic acids is 1. The number of carbonyl (C=O) groups is 1. The highest BCUT2D eigenvalue weighted by Crippen LogP contribution is 2.27. The molecule has 0 aliphatic heterocycles. The van der Waals surface area contributed by atoms with Gasteiger partial charge in [0.1, 0.15) is 10.6 Å². The number of benzene rings is 1. The summed E-state index contributed by atoms with van der Waals surface area (Å²) < 4.78 is 0. The van der Waals surface area contributed by atoms with Gasteiger partial charge in [-0.15, -0.1) is 11.3 Å². The normalized spacial score (nSPS) is 10.1. The average Bonchev–Trinajstić information content (AvgIpc) is 2.76. The summed E-state index contributed by atoms with van der Waals surface area (Å²) in [5, 5.41) is 15.3. The second-order valence-electron chi connectivity index (χ2n) is 3.33. The Bertz CT molecular complexity index is 612. The molecule has 1 N–H and O–H groups in total. The van der Waals surface area contributed by atoms with Crippen molar-refractivity contribution in [2.24, 2.45) is 0 Å². The number of para-hydroxylation sites is 2. The maximum Gasteiger partial charge on any atom is 0.292 e. The number of anilines is 1. The van der Waals surface area contributed by atoms with E-state index < -0.39 is 10.8 Å². The zero-order chi connectivity index (χ0) is 13.1. The molecule has 0 spiro atoms. The van der Waals surface area contributed by atoms with Crippen LogP contribution in [0.5, 0.6) is 0 Å². The van der Waals surface area contributed by atoms with E-state index in [-0.39, 0.29) is 11.4 Å². The molecule has 0 saturated heterocycles. The smallest absolute Gasteiger partial charge is 0.292 e. The van der Waals surface area contributed by atoms with E-state index in [4.69, 9.17) is 11.6 Å². The Kier molecular flexibility index (Phi) is 3.59. The van der Waals surface area contributed by atoms with Crippen LogP contribution in [0.4, 0.5) is 11.4 Å². The minimum atomic E-state index is -0.550. The minimum absolute atomic E-state index is 0.150. The van der Waals surface area contributed by atoms with Gasteiger partial charge >= 0.3 is 0 Å². The van der Waals surface area contributed by atoms with Crippen molar-refractivity contribution in [1.29, 1.82) is 0 Å². The third kappa shape index (κ3) is 2.49. The molecular formula is C11H7ClN2O3S. The molecular weight excluding hydrogens is 276 g/mol. The molecule has 2 aromatic rings. The first-order valence-corrected chi connectivity index (χ1v) is 6.13. The highest BCUT2D eigenvalue weighted by Gasteiger charge is 2.17. The number of nitro benzene ring substituents is 1. The lowest BCUT2D eigenvalue weighted by Crippen LogP contribution is -2.11. The van der Waals surface area contributed by atoms with Crippen LogP contribution in [0.15, 0.2) is 35.7 Å². The third-order valence-electron chi connectivity index (χ3n) is 2.17. The Morgan fingerprint density at radius 2 is 2.06 bits per heavy atom. The number of rotatable bonds is 3. The summed E-state index contributed by atoms with van der Waals surface area (Å²) in [6.07, 6.45) is 0. The fraction of sp³-hybridized carbons (Fsp3) is 0. The van der Waals surface area contributed by atoms with Gasteiger partial charge in [-0.3, -0.25) is 14.9 Å². The molecule has 18 heavy (non-hydrogen) atoms. The summed E-state index contributed by atoms with van der Waals surface area (Å²) in [5.74, 6) is -0.454. The van der Waals surface area contributed by atoms with E-state index in [1.54, 1.807) is 17.5 Å². The van der Waals surface area contributed by atoms with Gasteiger partial charge in [0.15, 0.2) is 0 Å². The van der Waals surface area contributed by atoms with E-state index in [0.29, 0.717) is 9.90 Å². The summed E-state index contributed by atoms with van der Waals surface area (Å²) in [7, 11) is 0. The zero-order valence-corrected chi connectivity index (χ0v) is 10.5. The maximum atomic E-state index is 11.9.